The molecule has 0 aromatic heterocycles. The van der Waals surface area contributed by atoms with Crippen LogP contribution in [0.3, 0.4) is 0 Å². The molecule has 0 fully saturated rings. The summed E-state index contributed by atoms with van der Waals surface area (Å²) in [4.78, 5) is 35.3. The molecule has 5 nitrogen and oxygen atoms in total. The van der Waals surface area contributed by atoms with Gasteiger partial charge in [0.1, 0.15) is 5.92 Å². The summed E-state index contributed by atoms with van der Waals surface area (Å²) in [6.07, 6.45) is 0. The molecule has 1 amide bonds. The highest BCUT2D eigenvalue weighted by atomic mass is 16.4. The number of carbonyl (C=O) groups excluding carboxylic acids is 3. The second-order valence-electron chi connectivity index (χ2n) is 3.53. The van der Waals surface area contributed by atoms with Crippen molar-refractivity contribution >= 4 is 23.3 Å². The highest BCUT2D eigenvalue weighted by Gasteiger charge is 2.38. The van der Waals surface area contributed by atoms with Crippen molar-refractivity contribution in [2.45, 2.75) is 0 Å². The predicted octanol–water partition coefficient (Wildman–Crippen LogP) is -0.788. The number of benzene rings is 1. The summed E-state index contributed by atoms with van der Waals surface area (Å²) in [5.74, 6) is -4.85. The molecule has 1 aliphatic rings. The first-order valence-electron chi connectivity index (χ1n) is 4.65. The first-order valence-corrected chi connectivity index (χ1v) is 4.65. The van der Waals surface area contributed by atoms with Crippen LogP contribution in [0.15, 0.2) is 24.3 Å². The van der Waals surface area contributed by atoms with Crippen LogP contribution in [-0.2, 0) is 9.59 Å². The van der Waals surface area contributed by atoms with Crippen LogP contribution in [0, 0.1) is 5.92 Å². The zero-order valence-corrected chi connectivity index (χ0v) is 8.47. The van der Waals surface area contributed by atoms with E-state index in [1.54, 1.807) is 18.2 Å². The number of nitrogens with zero attached hydrogens (tertiary/aromatic N) is 1. The van der Waals surface area contributed by atoms with Gasteiger partial charge in [0.15, 0.2) is 5.78 Å². The molecule has 1 atom stereocenters. The predicted molar refractivity (Wildman–Crippen MR) is 52.7 cm³/mol. The van der Waals surface area contributed by atoms with Gasteiger partial charge in [0, 0.05) is 12.6 Å². The summed E-state index contributed by atoms with van der Waals surface area (Å²) in [6, 6.07) is 6.38. The molecule has 2 rings (SSSR count). The van der Waals surface area contributed by atoms with E-state index in [1.807, 2.05) is 0 Å². The van der Waals surface area contributed by atoms with Gasteiger partial charge in [-0.1, -0.05) is 12.1 Å². The Kier molecular flexibility index (Phi) is 2.23. The molecule has 0 saturated heterocycles. The maximum Gasteiger partial charge on any atom is 0.243 e. The van der Waals surface area contributed by atoms with Crippen LogP contribution in [0.1, 0.15) is 10.4 Å². The number of para-hydroxylation sites is 1. The molecule has 5 heteroatoms. The first-order chi connectivity index (χ1) is 7.54. The zero-order valence-electron chi connectivity index (χ0n) is 8.47. The summed E-state index contributed by atoms with van der Waals surface area (Å²) >= 11 is 0. The average Bonchev–Trinajstić information content (AvgIpc) is 2.26. The van der Waals surface area contributed by atoms with Crippen LogP contribution in [0.2, 0.25) is 0 Å². The first kappa shape index (κ1) is 10.4. The number of rotatable bonds is 1. The Morgan fingerprint density at radius 3 is 2.56 bits per heavy atom. The van der Waals surface area contributed by atoms with Gasteiger partial charge < -0.3 is 14.8 Å². The van der Waals surface area contributed by atoms with Gasteiger partial charge in [-0.2, -0.15) is 0 Å². The van der Waals surface area contributed by atoms with Gasteiger partial charge in [-0.15, -0.1) is 0 Å². The number of hydrogen-bond acceptors (Lipinski definition) is 4. The minimum atomic E-state index is -1.72. The molecular weight excluding hydrogens is 210 g/mol. The number of ketones is 1. The molecule has 0 unspecified atom stereocenters. The largest absolute Gasteiger partial charge is 0.549 e. The Hall–Kier alpha value is -2.17. The average molecular weight is 218 g/mol. The van der Waals surface area contributed by atoms with Crippen LogP contribution in [0.4, 0.5) is 5.69 Å². The van der Waals surface area contributed by atoms with E-state index in [0.29, 0.717) is 5.69 Å². The van der Waals surface area contributed by atoms with Crippen molar-refractivity contribution in [2.24, 2.45) is 5.92 Å². The lowest BCUT2D eigenvalue weighted by Crippen LogP contribution is -2.50. The van der Waals surface area contributed by atoms with Gasteiger partial charge in [-0.05, 0) is 12.1 Å². The Morgan fingerprint density at radius 2 is 1.94 bits per heavy atom. The Bertz CT molecular complexity index is 495. The Labute approximate surface area is 91.3 Å². The fourth-order valence-corrected chi connectivity index (χ4v) is 1.76. The highest BCUT2D eigenvalue weighted by molar-refractivity contribution is 6.29. The summed E-state index contributed by atoms with van der Waals surface area (Å²) in [5, 5.41) is 10.8. The number of hydrogen-bond donors (Lipinski definition) is 0. The highest BCUT2D eigenvalue weighted by Crippen LogP contribution is 2.28. The van der Waals surface area contributed by atoms with Gasteiger partial charge >= 0.3 is 0 Å². The lowest BCUT2D eigenvalue weighted by Gasteiger charge is -2.30. The lowest BCUT2D eigenvalue weighted by molar-refractivity contribution is -0.307. The minimum absolute atomic E-state index is 0.235. The third-order valence-corrected chi connectivity index (χ3v) is 2.61. The van der Waals surface area contributed by atoms with E-state index < -0.39 is 23.6 Å². The molecule has 0 aliphatic carbocycles. The molecule has 1 heterocycles. The molecule has 0 spiro atoms. The number of carboxylic acids is 1. The maximum absolute atomic E-state index is 11.7. The molecule has 0 saturated carbocycles. The fourth-order valence-electron chi connectivity index (χ4n) is 1.76. The molecule has 0 N–H and O–H groups in total. The van der Waals surface area contributed by atoms with E-state index >= 15 is 0 Å². The second-order valence-corrected chi connectivity index (χ2v) is 3.53. The summed E-state index contributed by atoms with van der Waals surface area (Å²) in [5.41, 5.74) is 0.661. The molecule has 0 radical (unpaired) electrons. The van der Waals surface area contributed by atoms with Crippen LogP contribution in [0.25, 0.3) is 0 Å². The number of anilines is 1. The topological polar surface area (TPSA) is 77.5 Å². The third-order valence-electron chi connectivity index (χ3n) is 2.61. The van der Waals surface area contributed by atoms with Crippen LogP contribution >= 0.6 is 0 Å². The van der Waals surface area contributed by atoms with E-state index in [2.05, 4.69) is 0 Å². The molecule has 82 valence electrons. The molecule has 1 aliphatic heterocycles. The monoisotopic (exact) mass is 218 g/mol. The molecule has 16 heavy (non-hydrogen) atoms. The van der Waals surface area contributed by atoms with Gasteiger partial charge in [0.25, 0.3) is 0 Å². The standard InChI is InChI=1S/C11H9NO4/c1-12-7-5-3-2-4-6(7)9(13)8(10(12)14)11(15)16/h2-5,8H,1H3,(H,15,16)/p-1/t8-/m1/s1. The van der Waals surface area contributed by atoms with Crippen LogP contribution in [0.5, 0.6) is 0 Å². The van der Waals surface area contributed by atoms with Gasteiger partial charge in [0.2, 0.25) is 5.91 Å². The minimum Gasteiger partial charge on any atom is -0.549 e. The van der Waals surface area contributed by atoms with E-state index in [-0.39, 0.29) is 5.56 Å². The number of amides is 1. The number of Topliss-reactive ketones (excluding diaryl/α,β-unsaturated/α-hetero) is 1. The van der Waals surface area contributed by atoms with Gasteiger partial charge in [0.05, 0.1) is 11.7 Å². The van der Waals surface area contributed by atoms with E-state index in [0.717, 1.165) is 4.90 Å². The quantitative estimate of drug-likeness (QED) is 0.579. The summed E-state index contributed by atoms with van der Waals surface area (Å²) < 4.78 is 0. The van der Waals surface area contributed by atoms with E-state index in [1.165, 1.54) is 13.1 Å². The molecule has 1 aromatic rings. The number of aliphatic carboxylic acids is 1. The number of carbonyl (C=O) groups is 3. The zero-order chi connectivity index (χ0) is 11.9. The summed E-state index contributed by atoms with van der Waals surface area (Å²) in [7, 11) is 1.43. The normalized spacial score (nSPS) is 19.6. The second kappa shape index (κ2) is 3.44. The maximum atomic E-state index is 11.7. The van der Waals surface area contributed by atoms with Gasteiger partial charge in [-0.3, -0.25) is 9.59 Å². The smallest absolute Gasteiger partial charge is 0.243 e. The molecular formula is C11H8NO4-. The fraction of sp³-hybridized carbons (Fsp3) is 0.182. The van der Waals surface area contributed by atoms with Crippen molar-refractivity contribution in [1.29, 1.82) is 0 Å². The van der Waals surface area contributed by atoms with Crippen molar-refractivity contribution in [3.05, 3.63) is 29.8 Å². The van der Waals surface area contributed by atoms with Crippen molar-refractivity contribution in [2.75, 3.05) is 11.9 Å². The van der Waals surface area contributed by atoms with Crippen molar-refractivity contribution in [3.63, 3.8) is 0 Å². The third kappa shape index (κ3) is 1.29. The van der Waals surface area contributed by atoms with Crippen LogP contribution in [-0.4, -0.2) is 24.7 Å². The van der Waals surface area contributed by atoms with E-state index in [9.17, 15) is 19.5 Å². The lowest BCUT2D eigenvalue weighted by atomic mass is 9.91. The molecule has 0 bridgehead atoms. The van der Waals surface area contributed by atoms with E-state index in [4.69, 9.17) is 0 Å². The Morgan fingerprint density at radius 1 is 1.31 bits per heavy atom. The Balaban J connectivity index is 2.60. The van der Waals surface area contributed by atoms with Gasteiger partial charge in [-0.25, -0.2) is 0 Å². The summed E-state index contributed by atoms with van der Waals surface area (Å²) in [6.45, 7) is 0. The SMILES string of the molecule is CN1C(=O)[C@H](C(=O)[O-])C(=O)c2ccccc21. The van der Waals surface area contributed by atoms with Crippen molar-refractivity contribution < 1.29 is 19.5 Å². The van der Waals surface area contributed by atoms with Crippen LogP contribution < -0.4 is 10.0 Å². The number of carboxylic acid groups (broad SMARTS) is 1. The van der Waals surface area contributed by atoms with Crippen molar-refractivity contribution in [1.82, 2.24) is 0 Å². The number of fused-ring (bicyclic) bond motifs is 1. The van der Waals surface area contributed by atoms with Crippen molar-refractivity contribution in [3.8, 4) is 0 Å². The molecule has 1 aromatic carbocycles.